The fourth-order valence-corrected chi connectivity index (χ4v) is 1.90. The van der Waals surface area contributed by atoms with Crippen LogP contribution in [0, 0.1) is 0 Å². The Morgan fingerprint density at radius 2 is 1.80 bits per heavy atom. The number of hydrogen-bond donors (Lipinski definition) is 3. The Bertz CT molecular complexity index is 365. The lowest BCUT2D eigenvalue weighted by molar-refractivity contribution is -0.127. The number of alkyl halides is 1. The second-order valence-electron chi connectivity index (χ2n) is 5.46. The summed E-state index contributed by atoms with van der Waals surface area (Å²) in [6, 6.07) is 0. The maximum absolute atomic E-state index is 13.3. The summed E-state index contributed by atoms with van der Waals surface area (Å²) in [7, 11) is 0.706. The second kappa shape index (κ2) is 16.9. The van der Waals surface area contributed by atoms with Gasteiger partial charge in [-0.1, -0.05) is 0 Å². The van der Waals surface area contributed by atoms with Gasteiger partial charge in [0, 0.05) is 37.2 Å². The molecule has 0 aromatic rings. The van der Waals surface area contributed by atoms with Crippen LogP contribution in [0.5, 0.6) is 0 Å². The summed E-state index contributed by atoms with van der Waals surface area (Å²) in [6.45, 7) is 5.63. The highest BCUT2D eigenvalue weighted by atomic mass is 33.1. The van der Waals surface area contributed by atoms with Gasteiger partial charge in [-0.3, -0.25) is 9.59 Å². The number of amides is 2. The van der Waals surface area contributed by atoms with Gasteiger partial charge >= 0.3 is 0 Å². The average Bonchev–Trinajstić information content (AvgIpc) is 2.59. The summed E-state index contributed by atoms with van der Waals surface area (Å²) in [6.07, 6.45) is 0.160. The van der Waals surface area contributed by atoms with E-state index in [0.717, 1.165) is 0 Å². The van der Waals surface area contributed by atoms with Gasteiger partial charge in [-0.2, -0.15) is 0 Å². The highest BCUT2D eigenvalue weighted by Gasteiger charge is 2.08. The first-order valence-corrected chi connectivity index (χ1v) is 10.1. The molecule has 0 heterocycles. The molecule has 2 N–H and O–H groups in total. The van der Waals surface area contributed by atoms with Gasteiger partial charge in [0.05, 0.1) is 19.3 Å². The van der Waals surface area contributed by atoms with Crippen LogP contribution in [0.15, 0.2) is 0 Å². The molecule has 0 fully saturated rings. The number of nitrogens with one attached hydrogen (secondary N) is 2. The van der Waals surface area contributed by atoms with Crippen LogP contribution in [0.25, 0.3) is 0 Å². The molecule has 0 rings (SSSR count). The molecule has 10 heteroatoms. The van der Waals surface area contributed by atoms with E-state index < -0.39 is 6.17 Å². The van der Waals surface area contributed by atoms with Crippen molar-refractivity contribution in [2.45, 2.75) is 39.0 Å². The molecule has 1 unspecified atom stereocenters. The lowest BCUT2D eigenvalue weighted by Crippen LogP contribution is -2.30. The summed E-state index contributed by atoms with van der Waals surface area (Å²) in [5, 5.41) is 4.72. The molecule has 0 bridgehead atoms. The first kappa shape index (κ1) is 24.5. The van der Waals surface area contributed by atoms with Gasteiger partial charge in [0.25, 0.3) is 5.24 Å². The molecule has 0 radical (unpaired) electrons. The van der Waals surface area contributed by atoms with E-state index in [1.807, 2.05) is 13.8 Å². The molecule has 0 saturated heterocycles. The third kappa shape index (κ3) is 18.0. The third-order valence-electron chi connectivity index (χ3n) is 2.76. The Labute approximate surface area is 157 Å². The largest absolute Gasteiger partial charge is 0.381 e. The van der Waals surface area contributed by atoms with E-state index in [1.54, 1.807) is 0 Å². The van der Waals surface area contributed by atoms with Crippen LogP contribution in [-0.2, 0) is 19.0 Å². The number of hydrogen-bond acceptors (Lipinski definition) is 7. The Morgan fingerprint density at radius 3 is 2.48 bits per heavy atom. The van der Waals surface area contributed by atoms with E-state index in [-0.39, 0.29) is 37.0 Å². The van der Waals surface area contributed by atoms with Crippen LogP contribution < -0.4 is 10.6 Å². The maximum Gasteiger partial charge on any atom is 0.289 e. The number of carbonyl (C=O) groups is 2. The van der Waals surface area contributed by atoms with E-state index >= 15 is 0 Å². The summed E-state index contributed by atoms with van der Waals surface area (Å²) >= 11 is 3.69. The molecular formula is C15H29FN2O5S2. The predicted octanol–water partition coefficient (Wildman–Crippen LogP) is 1.97. The van der Waals surface area contributed by atoms with Gasteiger partial charge in [-0.25, -0.2) is 4.39 Å². The molecule has 2 amide bonds. The Kier molecular flexibility index (Phi) is 16.5. The molecule has 25 heavy (non-hydrogen) atoms. The zero-order valence-corrected chi connectivity index (χ0v) is 16.5. The molecule has 0 aromatic heterocycles. The topological polar surface area (TPSA) is 85.9 Å². The van der Waals surface area contributed by atoms with Crippen molar-refractivity contribution in [1.82, 2.24) is 10.6 Å². The normalized spacial score (nSPS) is 12.2. The quantitative estimate of drug-likeness (QED) is 0.221. The van der Waals surface area contributed by atoms with Crippen LogP contribution in [0.1, 0.15) is 26.7 Å². The number of halogens is 1. The Hall–Kier alpha value is -0.550. The molecule has 0 aromatic carbocycles. The molecule has 148 valence electrons. The van der Waals surface area contributed by atoms with Gasteiger partial charge in [-0.15, -0.1) is 11.7 Å². The lowest BCUT2D eigenvalue weighted by Gasteiger charge is -2.10. The number of carbonyl (C=O) groups excluding carboxylic acids is 2. The first-order chi connectivity index (χ1) is 12.0. The minimum Gasteiger partial charge on any atom is -0.381 e. The molecule has 0 aliphatic rings. The average molecular weight is 401 g/mol. The predicted molar refractivity (Wildman–Crippen MR) is 99.8 cm³/mol. The van der Waals surface area contributed by atoms with E-state index in [0.29, 0.717) is 50.0 Å². The van der Waals surface area contributed by atoms with E-state index in [4.69, 9.17) is 14.2 Å². The Morgan fingerprint density at radius 1 is 1.12 bits per heavy atom. The molecule has 0 spiro atoms. The zero-order valence-electron chi connectivity index (χ0n) is 14.8. The van der Waals surface area contributed by atoms with Crippen LogP contribution in [-0.4, -0.2) is 69.5 Å². The fourth-order valence-electron chi connectivity index (χ4n) is 1.56. The van der Waals surface area contributed by atoms with Crippen molar-refractivity contribution in [3.8, 4) is 0 Å². The van der Waals surface area contributed by atoms with Crippen LogP contribution in [0.3, 0.4) is 0 Å². The zero-order chi connectivity index (χ0) is 18.9. The molecule has 0 aliphatic carbocycles. The van der Waals surface area contributed by atoms with Crippen molar-refractivity contribution in [3.63, 3.8) is 0 Å². The molecule has 7 nitrogen and oxygen atoms in total. The van der Waals surface area contributed by atoms with Gasteiger partial charge in [0.1, 0.15) is 12.8 Å². The van der Waals surface area contributed by atoms with Crippen LogP contribution in [0.4, 0.5) is 9.18 Å². The summed E-state index contributed by atoms with van der Waals surface area (Å²) in [5.41, 5.74) is 0. The second-order valence-corrected chi connectivity index (χ2v) is 6.56. The monoisotopic (exact) mass is 400 g/mol. The van der Waals surface area contributed by atoms with Crippen molar-refractivity contribution in [3.05, 3.63) is 0 Å². The highest BCUT2D eigenvalue weighted by Crippen LogP contribution is 2.05. The van der Waals surface area contributed by atoms with Gasteiger partial charge in [0.15, 0.2) is 0 Å². The SMILES string of the molecule is CC(C)OCC(=O)NCCCOCCCOCC(F)CNC(=O)SS. The molecule has 0 aliphatic heterocycles. The Balaban J connectivity index is 3.28. The summed E-state index contributed by atoms with van der Waals surface area (Å²) in [4.78, 5) is 22.2. The molecular weight excluding hydrogens is 371 g/mol. The van der Waals surface area contributed by atoms with Crippen LogP contribution in [0.2, 0.25) is 0 Å². The highest BCUT2D eigenvalue weighted by molar-refractivity contribution is 8.74. The number of ether oxygens (including phenoxy) is 3. The summed E-state index contributed by atoms with van der Waals surface area (Å²) < 4.78 is 29.1. The maximum atomic E-state index is 13.3. The molecule has 0 saturated carbocycles. The van der Waals surface area contributed by atoms with E-state index in [2.05, 4.69) is 22.3 Å². The minimum atomic E-state index is -1.24. The van der Waals surface area contributed by atoms with Gasteiger partial charge in [-0.05, 0) is 26.7 Å². The van der Waals surface area contributed by atoms with Gasteiger partial charge < -0.3 is 24.8 Å². The fraction of sp³-hybridized carbons (Fsp3) is 0.867. The van der Waals surface area contributed by atoms with E-state index in [1.165, 1.54) is 0 Å². The standard InChI is InChI=1S/C15H29FN2O5S2/c1-12(2)23-11-14(19)17-5-3-6-21-7-4-8-22-10-13(16)9-18-15(20)25-24/h12-13,24H,3-11H2,1-2H3,(H,17,19)(H,18,20). The lowest BCUT2D eigenvalue weighted by atomic mass is 10.4. The van der Waals surface area contributed by atoms with Crippen LogP contribution >= 0.6 is 22.5 Å². The van der Waals surface area contributed by atoms with Gasteiger partial charge in [0.2, 0.25) is 5.91 Å². The first-order valence-electron chi connectivity index (χ1n) is 8.22. The van der Waals surface area contributed by atoms with Crippen molar-refractivity contribution >= 4 is 33.6 Å². The van der Waals surface area contributed by atoms with E-state index in [9.17, 15) is 14.0 Å². The van der Waals surface area contributed by atoms with Crippen molar-refractivity contribution in [2.75, 3.05) is 46.1 Å². The smallest absolute Gasteiger partial charge is 0.289 e. The minimum absolute atomic E-state index is 0.0368. The third-order valence-corrected chi connectivity index (χ3v) is 3.57. The molecule has 1 atom stereocenters. The van der Waals surface area contributed by atoms with Crippen molar-refractivity contribution in [1.29, 1.82) is 0 Å². The number of rotatable bonds is 15. The number of thiol groups is 1. The van der Waals surface area contributed by atoms with Crippen molar-refractivity contribution in [2.24, 2.45) is 0 Å². The van der Waals surface area contributed by atoms with Crippen molar-refractivity contribution < 1.29 is 28.2 Å². The summed E-state index contributed by atoms with van der Waals surface area (Å²) in [5.74, 6) is -0.132.